The van der Waals surface area contributed by atoms with Gasteiger partial charge in [-0.1, -0.05) is 17.7 Å². The van der Waals surface area contributed by atoms with Crippen LogP contribution in [0.4, 0.5) is 10.5 Å². The van der Waals surface area contributed by atoms with Gasteiger partial charge in [0.1, 0.15) is 6.04 Å². The standard InChI is InChI=1S/C12H14ClN3O2/c1-15(2)11(17)10-7-16(12(18)14-10)9-5-3-4-8(13)6-9/h3-6,10H,7H2,1-2H3,(H,14,18). The molecule has 0 aromatic heterocycles. The molecule has 6 heteroatoms. The largest absolute Gasteiger partial charge is 0.347 e. The van der Waals surface area contributed by atoms with E-state index in [9.17, 15) is 9.59 Å². The van der Waals surface area contributed by atoms with Crippen LogP contribution in [0.15, 0.2) is 24.3 Å². The average Bonchev–Trinajstić information content (AvgIpc) is 2.70. The maximum Gasteiger partial charge on any atom is 0.322 e. The van der Waals surface area contributed by atoms with Crippen molar-refractivity contribution in [3.8, 4) is 0 Å². The van der Waals surface area contributed by atoms with Crippen molar-refractivity contribution >= 4 is 29.2 Å². The molecular formula is C12H14ClN3O2. The second kappa shape index (κ2) is 4.86. The van der Waals surface area contributed by atoms with E-state index in [1.165, 1.54) is 9.80 Å². The molecule has 1 aromatic rings. The molecular weight excluding hydrogens is 254 g/mol. The summed E-state index contributed by atoms with van der Waals surface area (Å²) in [6.45, 7) is 0.316. The first kappa shape index (κ1) is 12.7. The summed E-state index contributed by atoms with van der Waals surface area (Å²) >= 11 is 5.89. The molecule has 1 N–H and O–H groups in total. The van der Waals surface area contributed by atoms with Gasteiger partial charge in [-0.15, -0.1) is 0 Å². The van der Waals surface area contributed by atoms with Crippen molar-refractivity contribution in [2.24, 2.45) is 0 Å². The smallest absolute Gasteiger partial charge is 0.322 e. The van der Waals surface area contributed by atoms with Crippen LogP contribution in [0.5, 0.6) is 0 Å². The Morgan fingerprint density at radius 2 is 2.22 bits per heavy atom. The van der Waals surface area contributed by atoms with Crippen molar-refractivity contribution in [2.45, 2.75) is 6.04 Å². The van der Waals surface area contributed by atoms with Crippen molar-refractivity contribution in [1.82, 2.24) is 10.2 Å². The summed E-state index contributed by atoms with van der Waals surface area (Å²) < 4.78 is 0. The maximum atomic E-state index is 11.8. The number of likely N-dealkylation sites (N-methyl/N-ethyl adjacent to an activating group) is 1. The Labute approximate surface area is 110 Å². The molecule has 96 valence electrons. The lowest BCUT2D eigenvalue weighted by Gasteiger charge is -2.16. The molecule has 1 aromatic carbocycles. The zero-order valence-electron chi connectivity index (χ0n) is 10.2. The lowest BCUT2D eigenvalue weighted by Crippen LogP contribution is -2.42. The molecule has 18 heavy (non-hydrogen) atoms. The molecule has 5 nitrogen and oxygen atoms in total. The fraction of sp³-hybridized carbons (Fsp3) is 0.333. The number of nitrogens with zero attached hydrogens (tertiary/aromatic N) is 2. The fourth-order valence-electron chi connectivity index (χ4n) is 1.86. The Kier molecular flexibility index (Phi) is 3.43. The van der Waals surface area contributed by atoms with Crippen LogP contribution in [0.1, 0.15) is 0 Å². The van der Waals surface area contributed by atoms with Gasteiger partial charge in [-0.25, -0.2) is 4.79 Å². The number of carbonyl (C=O) groups is 2. The van der Waals surface area contributed by atoms with Crippen molar-refractivity contribution in [3.05, 3.63) is 29.3 Å². The molecule has 0 spiro atoms. The molecule has 3 amide bonds. The lowest BCUT2D eigenvalue weighted by molar-refractivity contribution is -0.130. The highest BCUT2D eigenvalue weighted by Crippen LogP contribution is 2.22. The number of anilines is 1. The van der Waals surface area contributed by atoms with Crippen LogP contribution < -0.4 is 10.2 Å². The highest BCUT2D eigenvalue weighted by Gasteiger charge is 2.35. The van der Waals surface area contributed by atoms with Gasteiger partial charge in [-0.3, -0.25) is 9.69 Å². The second-order valence-electron chi connectivity index (χ2n) is 4.33. The minimum absolute atomic E-state index is 0.118. The number of nitrogens with one attached hydrogen (secondary N) is 1. The Morgan fingerprint density at radius 3 is 2.83 bits per heavy atom. The second-order valence-corrected chi connectivity index (χ2v) is 4.76. The third kappa shape index (κ3) is 2.41. The number of rotatable bonds is 2. The van der Waals surface area contributed by atoms with Gasteiger partial charge in [0.25, 0.3) is 0 Å². The van der Waals surface area contributed by atoms with E-state index in [1.54, 1.807) is 38.4 Å². The molecule has 1 atom stereocenters. The van der Waals surface area contributed by atoms with Crippen LogP contribution >= 0.6 is 11.6 Å². The number of halogens is 1. The first-order valence-corrected chi connectivity index (χ1v) is 5.91. The third-order valence-corrected chi connectivity index (χ3v) is 3.00. The van der Waals surface area contributed by atoms with E-state index in [0.717, 1.165) is 0 Å². The molecule has 0 radical (unpaired) electrons. The quantitative estimate of drug-likeness (QED) is 0.879. The highest BCUT2D eigenvalue weighted by molar-refractivity contribution is 6.30. The van der Waals surface area contributed by atoms with Crippen molar-refractivity contribution < 1.29 is 9.59 Å². The van der Waals surface area contributed by atoms with Crippen molar-refractivity contribution in [3.63, 3.8) is 0 Å². The molecule has 1 aliphatic rings. The molecule has 0 bridgehead atoms. The van der Waals surface area contributed by atoms with E-state index in [1.807, 2.05) is 0 Å². The predicted octanol–water partition coefficient (Wildman–Crippen LogP) is 1.33. The van der Waals surface area contributed by atoms with Crippen LogP contribution in [-0.4, -0.2) is 43.5 Å². The third-order valence-electron chi connectivity index (χ3n) is 2.77. The molecule has 2 rings (SSSR count). The number of hydrogen-bond acceptors (Lipinski definition) is 2. The highest BCUT2D eigenvalue weighted by atomic mass is 35.5. The number of benzene rings is 1. The zero-order chi connectivity index (χ0) is 13.3. The van der Waals surface area contributed by atoms with Crippen molar-refractivity contribution in [2.75, 3.05) is 25.5 Å². The van der Waals surface area contributed by atoms with Gasteiger partial charge in [0, 0.05) is 24.8 Å². The average molecular weight is 268 g/mol. The molecule has 1 aliphatic heterocycles. The van der Waals surface area contributed by atoms with Crippen LogP contribution in [-0.2, 0) is 4.79 Å². The summed E-state index contributed by atoms with van der Waals surface area (Å²) in [4.78, 5) is 26.6. The number of urea groups is 1. The van der Waals surface area contributed by atoms with Gasteiger partial charge in [-0.2, -0.15) is 0 Å². The van der Waals surface area contributed by atoms with Gasteiger partial charge in [0.2, 0.25) is 5.91 Å². The summed E-state index contributed by atoms with van der Waals surface area (Å²) in [6.07, 6.45) is 0. The van der Waals surface area contributed by atoms with Crippen LogP contribution in [0.2, 0.25) is 5.02 Å². The SMILES string of the molecule is CN(C)C(=O)C1CN(c2cccc(Cl)c2)C(=O)N1. The molecule has 1 fully saturated rings. The fourth-order valence-corrected chi connectivity index (χ4v) is 2.04. The predicted molar refractivity (Wildman–Crippen MR) is 69.8 cm³/mol. The van der Waals surface area contributed by atoms with E-state index in [2.05, 4.69) is 5.32 Å². The molecule has 1 heterocycles. The Bertz CT molecular complexity index is 490. The number of carbonyl (C=O) groups excluding carboxylic acids is 2. The minimum atomic E-state index is -0.508. The van der Waals surface area contributed by atoms with Crippen LogP contribution in [0.3, 0.4) is 0 Å². The minimum Gasteiger partial charge on any atom is -0.347 e. The van der Waals surface area contributed by atoms with Gasteiger partial charge in [-0.05, 0) is 18.2 Å². The van der Waals surface area contributed by atoms with Crippen molar-refractivity contribution in [1.29, 1.82) is 0 Å². The molecule has 0 aliphatic carbocycles. The van der Waals surface area contributed by atoms with Crippen LogP contribution in [0, 0.1) is 0 Å². The number of hydrogen-bond donors (Lipinski definition) is 1. The van der Waals surface area contributed by atoms with E-state index in [4.69, 9.17) is 11.6 Å². The molecule has 0 saturated carbocycles. The lowest BCUT2D eigenvalue weighted by atomic mass is 10.2. The number of amides is 3. The van der Waals surface area contributed by atoms with E-state index >= 15 is 0 Å². The van der Waals surface area contributed by atoms with Gasteiger partial charge >= 0.3 is 6.03 Å². The summed E-state index contributed by atoms with van der Waals surface area (Å²) in [6, 6.07) is 6.20. The first-order valence-electron chi connectivity index (χ1n) is 5.54. The molecule has 1 saturated heterocycles. The van der Waals surface area contributed by atoms with E-state index in [0.29, 0.717) is 17.3 Å². The Morgan fingerprint density at radius 1 is 1.50 bits per heavy atom. The van der Waals surface area contributed by atoms with Crippen LogP contribution in [0.25, 0.3) is 0 Å². The normalized spacial score (nSPS) is 18.7. The zero-order valence-corrected chi connectivity index (χ0v) is 10.9. The molecule has 1 unspecified atom stereocenters. The Hall–Kier alpha value is -1.75. The summed E-state index contributed by atoms with van der Waals surface area (Å²) in [5, 5.41) is 3.21. The van der Waals surface area contributed by atoms with Gasteiger partial charge in [0.05, 0.1) is 6.54 Å². The summed E-state index contributed by atoms with van der Waals surface area (Å²) in [7, 11) is 3.33. The van der Waals surface area contributed by atoms with Gasteiger partial charge in [0.15, 0.2) is 0 Å². The van der Waals surface area contributed by atoms with E-state index in [-0.39, 0.29) is 11.9 Å². The summed E-state index contributed by atoms with van der Waals surface area (Å²) in [5.74, 6) is -0.118. The first-order chi connectivity index (χ1) is 8.49. The van der Waals surface area contributed by atoms with E-state index < -0.39 is 6.04 Å². The Balaban J connectivity index is 2.17. The monoisotopic (exact) mass is 267 g/mol. The summed E-state index contributed by atoms with van der Waals surface area (Å²) in [5.41, 5.74) is 0.689. The topological polar surface area (TPSA) is 52.7 Å². The van der Waals surface area contributed by atoms with Gasteiger partial charge < -0.3 is 10.2 Å². The maximum absolute atomic E-state index is 11.8.